The molecule has 0 atom stereocenters. The van der Waals surface area contributed by atoms with E-state index in [1.165, 1.54) is 0 Å². The Morgan fingerprint density at radius 1 is 1.35 bits per heavy atom. The Labute approximate surface area is 102 Å². The van der Waals surface area contributed by atoms with Crippen LogP contribution in [0.3, 0.4) is 0 Å². The standard InChI is InChI=1S/C12H22N4O/c1-4-5-13-6-7-14-11-12(17)16(10(2)3)9-8-15-11/h8-10,13H,4-7H2,1-3H3,(H,14,15). The summed E-state index contributed by atoms with van der Waals surface area (Å²) in [5.41, 5.74) is -0.0574. The van der Waals surface area contributed by atoms with Gasteiger partial charge >= 0.3 is 0 Å². The predicted molar refractivity (Wildman–Crippen MR) is 70.5 cm³/mol. The summed E-state index contributed by atoms with van der Waals surface area (Å²) in [5.74, 6) is 0.430. The molecule has 0 fully saturated rings. The van der Waals surface area contributed by atoms with Crippen LogP contribution < -0.4 is 16.2 Å². The van der Waals surface area contributed by atoms with Crippen molar-refractivity contribution in [1.82, 2.24) is 14.9 Å². The first-order chi connectivity index (χ1) is 8.16. The molecule has 0 spiro atoms. The minimum atomic E-state index is -0.0574. The molecule has 0 aliphatic heterocycles. The van der Waals surface area contributed by atoms with Gasteiger partial charge in [0, 0.05) is 31.5 Å². The van der Waals surface area contributed by atoms with Gasteiger partial charge in [0.2, 0.25) is 0 Å². The van der Waals surface area contributed by atoms with Crippen molar-refractivity contribution in [2.24, 2.45) is 0 Å². The van der Waals surface area contributed by atoms with Crippen molar-refractivity contribution in [3.05, 3.63) is 22.7 Å². The van der Waals surface area contributed by atoms with E-state index in [0.29, 0.717) is 12.4 Å². The second-order valence-electron chi connectivity index (χ2n) is 4.26. The molecular weight excluding hydrogens is 216 g/mol. The molecule has 96 valence electrons. The molecule has 1 aromatic heterocycles. The molecule has 2 N–H and O–H groups in total. The molecule has 0 bridgehead atoms. The first-order valence-electron chi connectivity index (χ1n) is 6.18. The fraction of sp³-hybridized carbons (Fsp3) is 0.667. The maximum atomic E-state index is 11.9. The maximum absolute atomic E-state index is 11.9. The molecule has 5 nitrogen and oxygen atoms in total. The van der Waals surface area contributed by atoms with Crippen LogP contribution in [0.5, 0.6) is 0 Å². The Bertz CT molecular complexity index is 386. The zero-order valence-electron chi connectivity index (χ0n) is 10.9. The molecule has 0 unspecified atom stereocenters. The zero-order valence-corrected chi connectivity index (χ0v) is 10.9. The summed E-state index contributed by atoms with van der Waals surface area (Å²) in [6.07, 6.45) is 4.49. The second-order valence-corrected chi connectivity index (χ2v) is 4.26. The second kappa shape index (κ2) is 7.06. The number of nitrogens with zero attached hydrogens (tertiary/aromatic N) is 2. The van der Waals surface area contributed by atoms with E-state index in [0.717, 1.165) is 19.5 Å². The summed E-state index contributed by atoms with van der Waals surface area (Å²) in [4.78, 5) is 16.0. The minimum Gasteiger partial charge on any atom is -0.364 e. The quantitative estimate of drug-likeness (QED) is 0.702. The van der Waals surface area contributed by atoms with Gasteiger partial charge in [-0.05, 0) is 26.8 Å². The Balaban J connectivity index is 2.54. The number of hydrogen-bond donors (Lipinski definition) is 2. The van der Waals surface area contributed by atoms with E-state index in [4.69, 9.17) is 0 Å². The third-order valence-corrected chi connectivity index (χ3v) is 2.45. The van der Waals surface area contributed by atoms with Crippen molar-refractivity contribution in [3.63, 3.8) is 0 Å². The monoisotopic (exact) mass is 238 g/mol. The lowest BCUT2D eigenvalue weighted by atomic mass is 10.4. The predicted octanol–water partition coefficient (Wildman–Crippen LogP) is 1.24. The molecule has 0 saturated heterocycles. The van der Waals surface area contributed by atoms with E-state index in [1.54, 1.807) is 17.0 Å². The van der Waals surface area contributed by atoms with E-state index in [-0.39, 0.29) is 11.6 Å². The number of aromatic nitrogens is 2. The average molecular weight is 238 g/mol. The molecule has 0 radical (unpaired) electrons. The van der Waals surface area contributed by atoms with Crippen LogP contribution in [0, 0.1) is 0 Å². The largest absolute Gasteiger partial charge is 0.364 e. The molecule has 0 amide bonds. The highest BCUT2D eigenvalue weighted by atomic mass is 16.1. The first kappa shape index (κ1) is 13.7. The van der Waals surface area contributed by atoms with Gasteiger partial charge in [0.15, 0.2) is 5.82 Å². The number of rotatable bonds is 7. The number of hydrogen-bond acceptors (Lipinski definition) is 4. The van der Waals surface area contributed by atoms with Gasteiger partial charge in [-0.1, -0.05) is 6.92 Å². The van der Waals surface area contributed by atoms with E-state index in [2.05, 4.69) is 22.5 Å². The van der Waals surface area contributed by atoms with Gasteiger partial charge < -0.3 is 15.2 Å². The van der Waals surface area contributed by atoms with Crippen LogP contribution in [-0.4, -0.2) is 29.2 Å². The van der Waals surface area contributed by atoms with Crippen molar-refractivity contribution < 1.29 is 0 Å². The van der Waals surface area contributed by atoms with Crippen LogP contribution in [-0.2, 0) is 0 Å². The minimum absolute atomic E-state index is 0.0574. The van der Waals surface area contributed by atoms with Crippen LogP contribution >= 0.6 is 0 Å². The van der Waals surface area contributed by atoms with Gasteiger partial charge in [-0.15, -0.1) is 0 Å². The van der Waals surface area contributed by atoms with Gasteiger partial charge in [0.05, 0.1) is 0 Å². The van der Waals surface area contributed by atoms with Crippen LogP contribution in [0.15, 0.2) is 17.2 Å². The molecule has 0 saturated carbocycles. The third-order valence-electron chi connectivity index (χ3n) is 2.45. The highest BCUT2D eigenvalue weighted by Gasteiger charge is 2.05. The van der Waals surface area contributed by atoms with Crippen LogP contribution in [0.4, 0.5) is 5.82 Å². The summed E-state index contributed by atoms with van der Waals surface area (Å²) in [6.45, 7) is 8.64. The molecule has 17 heavy (non-hydrogen) atoms. The average Bonchev–Trinajstić information content (AvgIpc) is 2.30. The first-order valence-corrected chi connectivity index (χ1v) is 6.18. The van der Waals surface area contributed by atoms with E-state index in [1.807, 2.05) is 13.8 Å². The van der Waals surface area contributed by atoms with Gasteiger partial charge in [-0.2, -0.15) is 0 Å². The fourth-order valence-corrected chi connectivity index (χ4v) is 1.52. The highest BCUT2D eigenvalue weighted by molar-refractivity contribution is 5.30. The third kappa shape index (κ3) is 4.19. The lowest BCUT2D eigenvalue weighted by molar-refractivity contribution is 0.575. The SMILES string of the molecule is CCCNCCNc1nccn(C(C)C)c1=O. The van der Waals surface area contributed by atoms with E-state index >= 15 is 0 Å². The normalized spacial score (nSPS) is 10.8. The Kier molecular flexibility index (Phi) is 5.69. The molecule has 0 aliphatic rings. The highest BCUT2D eigenvalue weighted by Crippen LogP contribution is 2.00. The van der Waals surface area contributed by atoms with Crippen molar-refractivity contribution >= 4 is 5.82 Å². The van der Waals surface area contributed by atoms with Gasteiger partial charge in [0.25, 0.3) is 5.56 Å². The molecule has 0 aromatic carbocycles. The molecular formula is C12H22N4O. The van der Waals surface area contributed by atoms with E-state index < -0.39 is 0 Å². The summed E-state index contributed by atoms with van der Waals surface area (Å²) in [7, 11) is 0. The number of anilines is 1. The van der Waals surface area contributed by atoms with Gasteiger partial charge in [-0.25, -0.2) is 4.98 Å². The van der Waals surface area contributed by atoms with Crippen LogP contribution in [0.25, 0.3) is 0 Å². The number of nitrogens with one attached hydrogen (secondary N) is 2. The Morgan fingerprint density at radius 2 is 2.12 bits per heavy atom. The van der Waals surface area contributed by atoms with Gasteiger partial charge in [0.1, 0.15) is 0 Å². The van der Waals surface area contributed by atoms with Gasteiger partial charge in [-0.3, -0.25) is 4.79 Å². The van der Waals surface area contributed by atoms with Crippen molar-refractivity contribution in [2.75, 3.05) is 25.0 Å². The Hall–Kier alpha value is -1.36. The summed E-state index contributed by atoms with van der Waals surface area (Å²) in [6, 6.07) is 0.157. The van der Waals surface area contributed by atoms with Crippen LogP contribution in [0.2, 0.25) is 0 Å². The summed E-state index contributed by atoms with van der Waals surface area (Å²) >= 11 is 0. The molecule has 1 rings (SSSR count). The lowest BCUT2D eigenvalue weighted by Gasteiger charge is -2.11. The molecule has 5 heteroatoms. The Morgan fingerprint density at radius 3 is 2.76 bits per heavy atom. The van der Waals surface area contributed by atoms with Crippen molar-refractivity contribution in [1.29, 1.82) is 0 Å². The maximum Gasteiger partial charge on any atom is 0.293 e. The summed E-state index contributed by atoms with van der Waals surface area (Å²) < 4.78 is 1.68. The van der Waals surface area contributed by atoms with E-state index in [9.17, 15) is 4.79 Å². The molecule has 1 heterocycles. The fourth-order valence-electron chi connectivity index (χ4n) is 1.52. The smallest absolute Gasteiger partial charge is 0.293 e. The van der Waals surface area contributed by atoms with Crippen molar-refractivity contribution in [3.8, 4) is 0 Å². The molecule has 0 aliphatic carbocycles. The lowest BCUT2D eigenvalue weighted by Crippen LogP contribution is -2.29. The topological polar surface area (TPSA) is 59.0 Å². The van der Waals surface area contributed by atoms with Crippen molar-refractivity contribution in [2.45, 2.75) is 33.2 Å². The van der Waals surface area contributed by atoms with Crippen LogP contribution in [0.1, 0.15) is 33.2 Å². The zero-order chi connectivity index (χ0) is 12.7. The summed E-state index contributed by atoms with van der Waals surface area (Å²) in [5, 5.41) is 6.32. The molecule has 1 aromatic rings.